The molecule has 3 rings (SSSR count). The first-order valence-electron chi connectivity index (χ1n) is 12.7. The SMILES string of the molecule is COCOc1c(OC)ccnc1C(=O)NC1COC(=O)C(Cc2ccccc2)C(OC(=O)C(C)C)C(C)OC1=O. The minimum absolute atomic E-state index is 0.00488. The molecule has 0 spiro atoms. The lowest BCUT2D eigenvalue weighted by molar-refractivity contribution is -0.176. The molecule has 1 aromatic heterocycles. The number of esters is 3. The molecule has 12 heteroatoms. The van der Waals surface area contributed by atoms with Crippen molar-refractivity contribution in [2.75, 3.05) is 27.6 Å². The van der Waals surface area contributed by atoms with E-state index in [4.69, 9.17) is 28.4 Å². The molecular formula is C28H34N2O10. The maximum absolute atomic E-state index is 13.3. The molecule has 216 valence electrons. The molecule has 1 N–H and O–H groups in total. The highest BCUT2D eigenvalue weighted by Gasteiger charge is 2.42. The van der Waals surface area contributed by atoms with Gasteiger partial charge in [0.1, 0.15) is 18.6 Å². The van der Waals surface area contributed by atoms with Crippen molar-refractivity contribution in [2.24, 2.45) is 11.8 Å². The van der Waals surface area contributed by atoms with Gasteiger partial charge in [-0.15, -0.1) is 0 Å². The summed E-state index contributed by atoms with van der Waals surface area (Å²) >= 11 is 0. The minimum atomic E-state index is -1.39. The standard InChI is InChI=1S/C28H34N2O10/c1-16(2)26(32)40-23-17(3)39-28(34)20(14-37-27(33)19(23)13-18-9-7-6-8-10-18)30-25(31)22-24(38-15-35-4)21(36-5)11-12-29-22/h6-12,16-17,19-20,23H,13-15H2,1-5H3,(H,30,31). The van der Waals surface area contributed by atoms with E-state index in [2.05, 4.69) is 10.3 Å². The van der Waals surface area contributed by atoms with Gasteiger partial charge >= 0.3 is 17.9 Å². The van der Waals surface area contributed by atoms with Crippen LogP contribution in [-0.2, 0) is 39.8 Å². The van der Waals surface area contributed by atoms with Gasteiger partial charge in [-0.05, 0) is 18.9 Å². The van der Waals surface area contributed by atoms with Crippen molar-refractivity contribution in [3.05, 3.63) is 53.9 Å². The zero-order valence-electron chi connectivity index (χ0n) is 23.1. The number of methoxy groups -OCH3 is 2. The van der Waals surface area contributed by atoms with Gasteiger partial charge in [0.2, 0.25) is 0 Å². The number of hydrogen-bond donors (Lipinski definition) is 1. The van der Waals surface area contributed by atoms with Crippen LogP contribution in [0.1, 0.15) is 36.8 Å². The zero-order valence-corrected chi connectivity index (χ0v) is 23.1. The second-order valence-corrected chi connectivity index (χ2v) is 9.39. The molecule has 2 heterocycles. The number of hydrogen-bond acceptors (Lipinski definition) is 11. The van der Waals surface area contributed by atoms with Crippen molar-refractivity contribution in [1.29, 1.82) is 0 Å². The smallest absolute Gasteiger partial charge is 0.332 e. The van der Waals surface area contributed by atoms with Crippen LogP contribution < -0.4 is 14.8 Å². The molecule has 1 saturated heterocycles. The van der Waals surface area contributed by atoms with E-state index in [1.54, 1.807) is 13.8 Å². The van der Waals surface area contributed by atoms with Gasteiger partial charge in [-0.3, -0.25) is 14.4 Å². The van der Waals surface area contributed by atoms with Crippen LogP contribution >= 0.6 is 0 Å². The fraction of sp³-hybridized carbons (Fsp3) is 0.464. The molecule has 2 aromatic rings. The number of pyridine rings is 1. The maximum Gasteiger partial charge on any atom is 0.332 e. The van der Waals surface area contributed by atoms with Gasteiger partial charge in [-0.1, -0.05) is 44.2 Å². The Morgan fingerprint density at radius 3 is 2.48 bits per heavy atom. The van der Waals surface area contributed by atoms with E-state index in [0.29, 0.717) is 0 Å². The Balaban J connectivity index is 1.88. The number of ether oxygens (including phenoxy) is 6. The molecule has 12 nitrogen and oxygen atoms in total. The summed E-state index contributed by atoms with van der Waals surface area (Å²) in [7, 11) is 2.80. The number of nitrogens with zero attached hydrogens (tertiary/aromatic N) is 1. The Labute approximate surface area is 232 Å². The average Bonchev–Trinajstić information content (AvgIpc) is 2.98. The molecule has 0 saturated carbocycles. The number of carbonyl (C=O) groups excluding carboxylic acids is 4. The first kappa shape index (κ1) is 30.4. The second kappa shape index (κ2) is 14.3. The van der Waals surface area contributed by atoms with Crippen molar-refractivity contribution in [2.45, 2.75) is 45.4 Å². The Morgan fingerprint density at radius 2 is 1.82 bits per heavy atom. The van der Waals surface area contributed by atoms with Crippen molar-refractivity contribution in [3.8, 4) is 11.5 Å². The maximum atomic E-state index is 13.3. The third-order valence-corrected chi connectivity index (χ3v) is 6.09. The molecule has 0 radical (unpaired) electrons. The first-order chi connectivity index (χ1) is 19.2. The van der Waals surface area contributed by atoms with Crippen LogP contribution in [0.5, 0.6) is 11.5 Å². The minimum Gasteiger partial charge on any atom is -0.493 e. The molecule has 1 aromatic carbocycles. The highest BCUT2D eigenvalue weighted by molar-refractivity contribution is 5.98. The molecule has 1 fully saturated rings. The lowest BCUT2D eigenvalue weighted by Gasteiger charge is -2.29. The van der Waals surface area contributed by atoms with Crippen LogP contribution in [0.3, 0.4) is 0 Å². The number of cyclic esters (lactones) is 2. The van der Waals surface area contributed by atoms with Crippen LogP contribution in [0.2, 0.25) is 0 Å². The number of rotatable bonds is 10. The topological polar surface area (TPSA) is 149 Å². The van der Waals surface area contributed by atoms with E-state index < -0.39 is 60.5 Å². The molecule has 1 aliphatic heterocycles. The number of amides is 1. The van der Waals surface area contributed by atoms with Gasteiger partial charge in [0.05, 0.1) is 13.0 Å². The Morgan fingerprint density at radius 1 is 1.10 bits per heavy atom. The fourth-order valence-corrected chi connectivity index (χ4v) is 3.99. The molecule has 0 bridgehead atoms. The number of carbonyl (C=O) groups is 4. The van der Waals surface area contributed by atoms with E-state index in [0.717, 1.165) is 5.56 Å². The van der Waals surface area contributed by atoms with E-state index in [-0.39, 0.29) is 30.4 Å². The summed E-state index contributed by atoms with van der Waals surface area (Å²) in [4.78, 5) is 56.3. The van der Waals surface area contributed by atoms with Crippen molar-refractivity contribution in [1.82, 2.24) is 10.3 Å². The number of nitrogens with one attached hydrogen (secondary N) is 1. The summed E-state index contributed by atoms with van der Waals surface area (Å²) in [6, 6.07) is 9.22. The Bertz CT molecular complexity index is 1190. The van der Waals surface area contributed by atoms with Crippen LogP contribution in [0.4, 0.5) is 0 Å². The van der Waals surface area contributed by atoms with Gasteiger partial charge in [-0.25, -0.2) is 9.78 Å². The quantitative estimate of drug-likeness (QED) is 0.260. The largest absolute Gasteiger partial charge is 0.493 e. The van der Waals surface area contributed by atoms with Gasteiger partial charge in [0.25, 0.3) is 5.91 Å². The Kier molecular flexibility index (Phi) is 10.8. The van der Waals surface area contributed by atoms with Crippen LogP contribution in [0.15, 0.2) is 42.6 Å². The highest BCUT2D eigenvalue weighted by atomic mass is 16.7. The van der Waals surface area contributed by atoms with Crippen LogP contribution in [0.25, 0.3) is 0 Å². The predicted molar refractivity (Wildman–Crippen MR) is 139 cm³/mol. The van der Waals surface area contributed by atoms with E-state index >= 15 is 0 Å². The van der Waals surface area contributed by atoms with Gasteiger partial charge < -0.3 is 33.7 Å². The predicted octanol–water partition coefficient (Wildman–Crippen LogP) is 2.09. The van der Waals surface area contributed by atoms with Crippen molar-refractivity contribution < 1.29 is 47.6 Å². The second-order valence-electron chi connectivity index (χ2n) is 9.39. The van der Waals surface area contributed by atoms with Gasteiger partial charge in [0.15, 0.2) is 36.1 Å². The first-order valence-corrected chi connectivity index (χ1v) is 12.7. The molecular weight excluding hydrogens is 524 g/mol. The summed E-state index contributed by atoms with van der Waals surface area (Å²) in [5, 5.41) is 2.49. The van der Waals surface area contributed by atoms with E-state index in [9.17, 15) is 19.2 Å². The molecule has 4 atom stereocenters. The van der Waals surface area contributed by atoms with Gasteiger partial charge in [0, 0.05) is 19.4 Å². The van der Waals surface area contributed by atoms with E-state index in [1.807, 2.05) is 30.3 Å². The lowest BCUT2D eigenvalue weighted by Crippen LogP contribution is -2.47. The Hall–Kier alpha value is -4.19. The molecule has 4 unspecified atom stereocenters. The molecule has 1 aliphatic rings. The van der Waals surface area contributed by atoms with Crippen molar-refractivity contribution >= 4 is 23.8 Å². The molecule has 1 amide bonds. The van der Waals surface area contributed by atoms with Crippen LogP contribution in [-0.4, -0.2) is 74.7 Å². The fourth-order valence-electron chi connectivity index (χ4n) is 3.99. The molecule has 40 heavy (non-hydrogen) atoms. The summed E-state index contributed by atoms with van der Waals surface area (Å²) in [5.74, 6) is -4.21. The third-order valence-electron chi connectivity index (χ3n) is 6.09. The van der Waals surface area contributed by atoms with Crippen molar-refractivity contribution in [3.63, 3.8) is 0 Å². The zero-order chi connectivity index (χ0) is 29.2. The summed E-state index contributed by atoms with van der Waals surface area (Å²) in [6.07, 6.45) is -0.666. The third kappa shape index (κ3) is 7.69. The van der Waals surface area contributed by atoms with E-state index in [1.165, 1.54) is 33.4 Å². The average molecular weight is 559 g/mol. The summed E-state index contributed by atoms with van der Waals surface area (Å²) in [5.41, 5.74) is 0.611. The number of benzene rings is 1. The normalized spacial score (nSPS) is 21.2. The lowest BCUT2D eigenvalue weighted by atomic mass is 9.91. The summed E-state index contributed by atoms with van der Waals surface area (Å²) < 4.78 is 32.4. The molecule has 0 aliphatic carbocycles. The highest BCUT2D eigenvalue weighted by Crippen LogP contribution is 2.30. The summed E-state index contributed by atoms with van der Waals surface area (Å²) in [6.45, 7) is 4.11. The van der Waals surface area contributed by atoms with Crippen LogP contribution in [0, 0.1) is 11.8 Å². The van der Waals surface area contributed by atoms with Gasteiger partial charge in [-0.2, -0.15) is 0 Å². The number of aromatic nitrogens is 1. The monoisotopic (exact) mass is 558 g/mol.